The summed E-state index contributed by atoms with van der Waals surface area (Å²) < 4.78 is 5.18. The van der Waals surface area contributed by atoms with Gasteiger partial charge < -0.3 is 9.64 Å². The Morgan fingerprint density at radius 2 is 2.04 bits per heavy atom. The van der Waals surface area contributed by atoms with Crippen molar-refractivity contribution in [2.75, 3.05) is 19.7 Å². The van der Waals surface area contributed by atoms with Crippen molar-refractivity contribution < 1.29 is 9.53 Å². The number of ether oxygens (including phenoxy) is 1. The van der Waals surface area contributed by atoms with Gasteiger partial charge in [0.1, 0.15) is 0 Å². The van der Waals surface area contributed by atoms with E-state index < -0.39 is 6.09 Å². The third kappa shape index (κ3) is 3.92. The Morgan fingerprint density at radius 3 is 2.80 bits per heavy atom. The summed E-state index contributed by atoms with van der Waals surface area (Å²) in [4.78, 5) is 18.6. The highest BCUT2D eigenvalue weighted by Gasteiger charge is 2.29. The highest BCUT2D eigenvalue weighted by Crippen LogP contribution is 2.28. The minimum absolute atomic E-state index is 0.139. The van der Waals surface area contributed by atoms with Gasteiger partial charge in [-0.3, -0.25) is 10.3 Å². The van der Waals surface area contributed by atoms with E-state index in [0.29, 0.717) is 19.1 Å². The normalized spacial score (nSPS) is 16.8. The maximum Gasteiger partial charge on any atom is 0.413 e. The summed E-state index contributed by atoms with van der Waals surface area (Å²) in [6, 6.07) is 15.0. The molecule has 1 atom stereocenters. The Morgan fingerprint density at radius 1 is 1.24 bits per heavy atom. The zero-order valence-electron chi connectivity index (χ0n) is 14.9. The Labute approximate surface area is 148 Å². The van der Waals surface area contributed by atoms with Crippen molar-refractivity contribution in [1.29, 1.82) is 0 Å². The number of carbonyl (C=O) groups is 1. The van der Waals surface area contributed by atoms with E-state index in [1.54, 1.807) is 0 Å². The molecule has 0 fully saturated rings. The van der Waals surface area contributed by atoms with Crippen LogP contribution in [0.25, 0.3) is 10.8 Å². The molecule has 1 unspecified atom stereocenters. The van der Waals surface area contributed by atoms with Crippen molar-refractivity contribution in [3.05, 3.63) is 48.0 Å². The first kappa shape index (κ1) is 17.3. The lowest BCUT2D eigenvalue weighted by atomic mass is 10.0. The molecule has 5 heteroatoms. The molecule has 3 rings (SSSR count). The fraction of sp³-hybridized carbons (Fsp3) is 0.400. The quantitative estimate of drug-likeness (QED) is 0.835. The number of alkyl carbamates (subject to hydrolysis) is 1. The molecule has 1 amide bonds. The summed E-state index contributed by atoms with van der Waals surface area (Å²) in [6.45, 7) is 5.98. The lowest BCUT2D eigenvalue weighted by molar-refractivity contribution is 0.148. The van der Waals surface area contributed by atoms with Crippen LogP contribution in [0.3, 0.4) is 0 Å². The highest BCUT2D eigenvalue weighted by atomic mass is 16.5. The molecular weight excluding hydrogens is 314 g/mol. The van der Waals surface area contributed by atoms with E-state index in [1.807, 2.05) is 12.1 Å². The van der Waals surface area contributed by atoms with Gasteiger partial charge in [0.05, 0.1) is 19.2 Å². The zero-order valence-corrected chi connectivity index (χ0v) is 14.9. The molecule has 5 nitrogen and oxygen atoms in total. The van der Waals surface area contributed by atoms with E-state index in [2.05, 4.69) is 59.4 Å². The number of benzene rings is 2. The van der Waals surface area contributed by atoms with E-state index in [0.717, 1.165) is 19.4 Å². The summed E-state index contributed by atoms with van der Waals surface area (Å²) in [6.07, 6.45) is 1.45. The molecule has 0 aliphatic carbocycles. The number of likely N-dealkylation sites (N-methyl/N-ethyl adjacent to an activating group) is 1. The number of aliphatic imine (C=N–C) groups is 1. The van der Waals surface area contributed by atoms with Crippen LogP contribution in [0.15, 0.2) is 47.5 Å². The molecule has 25 heavy (non-hydrogen) atoms. The predicted molar refractivity (Wildman–Crippen MR) is 101 cm³/mol. The second-order valence-corrected chi connectivity index (χ2v) is 6.19. The number of hydrogen-bond acceptors (Lipinski definition) is 4. The standard InChI is InChI=1S/C20H25N3O2/c1-3-5-12-25-20(24)22-19-21-14-18(23(19)4-2)17-11-10-15-8-6-7-9-16(15)13-17/h6-11,13,18H,3-5,12,14H2,1-2H3,(H,21,22,24). The van der Waals surface area contributed by atoms with Crippen LogP contribution in [0, 0.1) is 0 Å². The third-order valence-electron chi connectivity index (χ3n) is 4.51. The molecule has 0 saturated carbocycles. The molecule has 0 bridgehead atoms. The topological polar surface area (TPSA) is 53.9 Å². The van der Waals surface area contributed by atoms with Gasteiger partial charge in [0, 0.05) is 6.54 Å². The van der Waals surface area contributed by atoms with E-state index in [4.69, 9.17) is 4.74 Å². The number of unbranched alkanes of at least 4 members (excludes halogenated alkanes) is 1. The monoisotopic (exact) mass is 339 g/mol. The molecular formula is C20H25N3O2. The van der Waals surface area contributed by atoms with Crippen molar-refractivity contribution in [3.63, 3.8) is 0 Å². The maximum atomic E-state index is 11.9. The first-order chi connectivity index (χ1) is 12.2. The first-order valence-electron chi connectivity index (χ1n) is 8.96. The Kier molecular flexibility index (Phi) is 5.53. The largest absolute Gasteiger partial charge is 0.449 e. The molecule has 1 heterocycles. The summed E-state index contributed by atoms with van der Waals surface area (Å²) in [5, 5.41) is 5.24. The van der Waals surface area contributed by atoms with Crippen molar-refractivity contribution in [2.45, 2.75) is 32.7 Å². The van der Waals surface area contributed by atoms with Crippen LogP contribution in [0.5, 0.6) is 0 Å². The average molecular weight is 339 g/mol. The molecule has 2 aromatic carbocycles. The summed E-state index contributed by atoms with van der Waals surface area (Å²) >= 11 is 0. The van der Waals surface area contributed by atoms with E-state index >= 15 is 0 Å². The van der Waals surface area contributed by atoms with Crippen LogP contribution in [0.1, 0.15) is 38.3 Å². The zero-order chi connectivity index (χ0) is 17.6. The minimum Gasteiger partial charge on any atom is -0.449 e. The van der Waals surface area contributed by atoms with Gasteiger partial charge in [0.25, 0.3) is 0 Å². The lowest BCUT2D eigenvalue weighted by Gasteiger charge is -2.26. The van der Waals surface area contributed by atoms with Crippen LogP contribution in [0.2, 0.25) is 0 Å². The predicted octanol–water partition coefficient (Wildman–Crippen LogP) is 4.10. The van der Waals surface area contributed by atoms with Gasteiger partial charge in [-0.15, -0.1) is 0 Å². The van der Waals surface area contributed by atoms with E-state index in [-0.39, 0.29) is 6.04 Å². The summed E-state index contributed by atoms with van der Waals surface area (Å²) in [5.41, 5.74) is 1.21. The first-order valence-corrected chi connectivity index (χ1v) is 8.96. The van der Waals surface area contributed by atoms with Gasteiger partial charge in [-0.25, -0.2) is 4.79 Å². The van der Waals surface area contributed by atoms with Crippen LogP contribution in [-0.4, -0.2) is 36.6 Å². The number of hydrogen-bond donors (Lipinski definition) is 1. The number of carbonyl (C=O) groups excluding carboxylic acids is 1. The maximum absolute atomic E-state index is 11.9. The number of rotatable bonds is 5. The molecule has 0 aromatic heterocycles. The molecule has 132 valence electrons. The van der Waals surface area contributed by atoms with E-state index in [9.17, 15) is 4.79 Å². The van der Waals surface area contributed by atoms with Gasteiger partial charge in [0.2, 0.25) is 5.96 Å². The number of nitrogens with one attached hydrogen (secondary N) is 1. The van der Waals surface area contributed by atoms with Crippen LogP contribution in [-0.2, 0) is 4.74 Å². The average Bonchev–Trinajstić information content (AvgIpc) is 3.04. The molecule has 1 aliphatic rings. The lowest BCUT2D eigenvalue weighted by Crippen LogP contribution is -2.42. The number of amides is 1. The molecule has 1 aliphatic heterocycles. The molecule has 1 N–H and O–H groups in total. The molecule has 0 saturated heterocycles. The Hall–Kier alpha value is -2.56. The van der Waals surface area contributed by atoms with Gasteiger partial charge in [0.15, 0.2) is 0 Å². The SMILES string of the molecule is CCCCOC(=O)NC1=NCC(c2ccc3ccccc3c2)N1CC. The van der Waals surface area contributed by atoms with E-state index in [1.165, 1.54) is 16.3 Å². The molecule has 0 spiro atoms. The number of guanidine groups is 1. The Bertz CT molecular complexity index is 772. The third-order valence-corrected chi connectivity index (χ3v) is 4.51. The van der Waals surface area contributed by atoms with Crippen molar-refractivity contribution in [3.8, 4) is 0 Å². The highest BCUT2D eigenvalue weighted by molar-refractivity contribution is 5.95. The van der Waals surface area contributed by atoms with Crippen molar-refractivity contribution >= 4 is 22.8 Å². The number of fused-ring (bicyclic) bond motifs is 1. The summed E-state index contributed by atoms with van der Waals surface area (Å²) in [7, 11) is 0. The second kappa shape index (κ2) is 8.01. The van der Waals surface area contributed by atoms with Crippen LogP contribution < -0.4 is 5.32 Å². The van der Waals surface area contributed by atoms with Crippen LogP contribution in [0.4, 0.5) is 4.79 Å². The smallest absolute Gasteiger partial charge is 0.413 e. The van der Waals surface area contributed by atoms with Crippen molar-refractivity contribution in [2.24, 2.45) is 4.99 Å². The van der Waals surface area contributed by atoms with Gasteiger partial charge in [-0.2, -0.15) is 0 Å². The molecule has 2 aromatic rings. The fourth-order valence-corrected chi connectivity index (χ4v) is 3.13. The van der Waals surface area contributed by atoms with Gasteiger partial charge >= 0.3 is 6.09 Å². The van der Waals surface area contributed by atoms with Gasteiger partial charge in [-0.05, 0) is 35.7 Å². The Balaban J connectivity index is 1.70. The van der Waals surface area contributed by atoms with Crippen molar-refractivity contribution in [1.82, 2.24) is 10.2 Å². The van der Waals surface area contributed by atoms with Crippen LogP contribution >= 0.6 is 0 Å². The minimum atomic E-state index is -0.426. The number of nitrogens with zero attached hydrogens (tertiary/aromatic N) is 2. The second-order valence-electron chi connectivity index (χ2n) is 6.19. The molecule has 0 radical (unpaired) electrons. The summed E-state index contributed by atoms with van der Waals surface area (Å²) in [5.74, 6) is 0.599. The fourth-order valence-electron chi connectivity index (χ4n) is 3.13. The van der Waals surface area contributed by atoms with Gasteiger partial charge in [-0.1, -0.05) is 49.7 Å².